The largest absolute Gasteiger partial charge is 0.447 e. The number of hydrogen-bond donors (Lipinski definition) is 1. The molecule has 0 aliphatic carbocycles. The summed E-state index contributed by atoms with van der Waals surface area (Å²) in [4.78, 5) is 1.21. The van der Waals surface area contributed by atoms with Crippen LogP contribution in [0.3, 0.4) is 0 Å². The fourth-order valence-corrected chi connectivity index (χ4v) is 2.26. The highest BCUT2D eigenvalue weighted by atomic mass is 32.2. The van der Waals surface area contributed by atoms with Crippen LogP contribution in [0.5, 0.6) is 0 Å². The number of thioether (sulfide) groups is 1. The maximum absolute atomic E-state index is 8.99. The average Bonchev–Trinajstić information content (AvgIpc) is 2.72. The van der Waals surface area contributed by atoms with Gasteiger partial charge < -0.3 is 10.2 Å². The second kappa shape index (κ2) is 4.98. The van der Waals surface area contributed by atoms with Crippen molar-refractivity contribution in [1.29, 1.82) is 5.26 Å². The van der Waals surface area contributed by atoms with E-state index in [1.165, 1.54) is 11.2 Å². The second-order valence-corrected chi connectivity index (χ2v) is 4.80. The molecule has 0 unspecified atom stereocenters. The predicted octanol–water partition coefficient (Wildman–Crippen LogP) is 3.51. The summed E-state index contributed by atoms with van der Waals surface area (Å²) in [6.45, 7) is 2.11. The Morgan fingerprint density at radius 1 is 1.35 bits per heavy atom. The number of nitrogens with two attached hydrogens (primary N) is 1. The summed E-state index contributed by atoms with van der Waals surface area (Å²) in [7, 11) is 0. The molecular weight excluding hydrogens is 232 g/mol. The first-order valence-corrected chi connectivity index (χ1v) is 6.25. The van der Waals surface area contributed by atoms with Crippen LogP contribution >= 0.6 is 11.8 Å². The normalized spacial score (nSPS) is 10.1. The first-order chi connectivity index (χ1) is 8.26. The molecule has 0 bridgehead atoms. The molecule has 0 atom stereocenters. The molecule has 0 fully saturated rings. The van der Waals surface area contributed by atoms with E-state index < -0.39 is 0 Å². The highest BCUT2D eigenvalue weighted by molar-refractivity contribution is 7.99. The van der Waals surface area contributed by atoms with Crippen LogP contribution in [0.2, 0.25) is 0 Å². The van der Waals surface area contributed by atoms with E-state index in [0.29, 0.717) is 5.56 Å². The molecule has 1 heterocycles. The van der Waals surface area contributed by atoms with Crippen LogP contribution in [0.4, 0.5) is 5.88 Å². The third-order valence-electron chi connectivity index (χ3n) is 2.41. The lowest BCUT2D eigenvalue weighted by Crippen LogP contribution is -1.86. The number of nitrogen functional groups attached to an aromatic ring is 1. The Labute approximate surface area is 104 Å². The number of hydrogen-bond acceptors (Lipinski definition) is 4. The molecule has 1 aromatic carbocycles. The Morgan fingerprint density at radius 3 is 2.65 bits per heavy atom. The molecule has 86 valence electrons. The van der Waals surface area contributed by atoms with Crippen LogP contribution in [0.15, 0.2) is 39.8 Å². The maximum atomic E-state index is 8.99. The number of nitrogens with zero attached hydrogens (tertiary/aromatic N) is 1. The van der Waals surface area contributed by atoms with E-state index >= 15 is 0 Å². The van der Waals surface area contributed by atoms with Crippen LogP contribution < -0.4 is 5.73 Å². The van der Waals surface area contributed by atoms with Crippen molar-refractivity contribution < 1.29 is 4.42 Å². The summed E-state index contributed by atoms with van der Waals surface area (Å²) >= 11 is 1.78. The molecular formula is C13H12N2OS. The lowest BCUT2D eigenvalue weighted by atomic mass is 10.1. The third-order valence-corrected chi connectivity index (χ3v) is 3.30. The van der Waals surface area contributed by atoms with Crippen LogP contribution in [0.1, 0.15) is 12.5 Å². The SMILES string of the molecule is CCSc1ccc(-c2coc(N)c2C#N)cc1. The average molecular weight is 244 g/mol. The fraction of sp³-hybridized carbons (Fsp3) is 0.154. The molecule has 0 saturated carbocycles. The Kier molecular flexibility index (Phi) is 3.40. The Bertz CT molecular complexity index is 552. The van der Waals surface area contributed by atoms with Gasteiger partial charge in [-0.25, -0.2) is 0 Å². The minimum atomic E-state index is 0.175. The number of anilines is 1. The standard InChI is InChI=1S/C13H12N2OS/c1-2-17-10-5-3-9(4-6-10)12-8-16-13(15)11(12)7-14/h3-6,8H,2,15H2,1H3. The molecule has 0 aliphatic rings. The Morgan fingerprint density at radius 2 is 2.06 bits per heavy atom. The molecule has 0 aliphatic heterocycles. The maximum Gasteiger partial charge on any atom is 0.208 e. The van der Waals surface area contributed by atoms with Gasteiger partial charge in [-0.3, -0.25) is 0 Å². The zero-order valence-corrected chi connectivity index (χ0v) is 10.3. The summed E-state index contributed by atoms with van der Waals surface area (Å²) in [6, 6.07) is 10.1. The van der Waals surface area contributed by atoms with Crippen molar-refractivity contribution in [3.8, 4) is 17.2 Å². The number of rotatable bonds is 3. The molecule has 0 amide bonds. The number of furan rings is 1. The highest BCUT2D eigenvalue weighted by Crippen LogP contribution is 2.30. The molecule has 2 rings (SSSR count). The molecule has 4 heteroatoms. The summed E-state index contributed by atoms with van der Waals surface area (Å²) < 4.78 is 5.07. The van der Waals surface area contributed by atoms with Gasteiger partial charge in [0.2, 0.25) is 5.88 Å². The summed E-state index contributed by atoms with van der Waals surface area (Å²) in [6.07, 6.45) is 1.52. The topological polar surface area (TPSA) is 62.9 Å². The summed E-state index contributed by atoms with van der Waals surface area (Å²) in [5, 5.41) is 8.99. The van der Waals surface area contributed by atoms with E-state index in [1.807, 2.05) is 24.3 Å². The second-order valence-electron chi connectivity index (χ2n) is 3.46. The molecule has 17 heavy (non-hydrogen) atoms. The first-order valence-electron chi connectivity index (χ1n) is 5.26. The smallest absolute Gasteiger partial charge is 0.208 e. The van der Waals surface area contributed by atoms with E-state index in [4.69, 9.17) is 15.4 Å². The zero-order chi connectivity index (χ0) is 12.3. The van der Waals surface area contributed by atoms with E-state index in [1.54, 1.807) is 11.8 Å². The number of benzene rings is 1. The van der Waals surface area contributed by atoms with Gasteiger partial charge in [-0.2, -0.15) is 5.26 Å². The quantitative estimate of drug-likeness (QED) is 0.839. The minimum absolute atomic E-state index is 0.175. The zero-order valence-electron chi connectivity index (χ0n) is 9.43. The van der Waals surface area contributed by atoms with Crippen molar-refractivity contribution in [2.24, 2.45) is 0 Å². The van der Waals surface area contributed by atoms with Gasteiger partial charge in [0.15, 0.2) is 0 Å². The summed E-state index contributed by atoms with van der Waals surface area (Å²) in [5.74, 6) is 1.22. The van der Waals surface area contributed by atoms with Crippen molar-refractivity contribution in [3.63, 3.8) is 0 Å². The molecule has 0 saturated heterocycles. The van der Waals surface area contributed by atoms with Gasteiger partial charge in [0.05, 0.1) is 0 Å². The molecule has 2 N–H and O–H groups in total. The van der Waals surface area contributed by atoms with Crippen LogP contribution in [-0.2, 0) is 0 Å². The van der Waals surface area contributed by atoms with Gasteiger partial charge in [-0.05, 0) is 23.4 Å². The van der Waals surface area contributed by atoms with Crippen LogP contribution in [-0.4, -0.2) is 5.75 Å². The lowest BCUT2D eigenvalue weighted by molar-refractivity contribution is 0.588. The highest BCUT2D eigenvalue weighted by Gasteiger charge is 2.12. The Hall–Kier alpha value is -1.86. The van der Waals surface area contributed by atoms with Crippen molar-refractivity contribution in [1.82, 2.24) is 0 Å². The van der Waals surface area contributed by atoms with Crippen LogP contribution in [0, 0.1) is 11.3 Å². The molecule has 3 nitrogen and oxygen atoms in total. The van der Waals surface area contributed by atoms with E-state index in [0.717, 1.165) is 16.9 Å². The van der Waals surface area contributed by atoms with E-state index in [2.05, 4.69) is 13.0 Å². The van der Waals surface area contributed by atoms with Crippen molar-refractivity contribution in [3.05, 3.63) is 36.1 Å². The molecule has 0 spiro atoms. The van der Waals surface area contributed by atoms with Crippen molar-refractivity contribution in [2.75, 3.05) is 11.5 Å². The predicted molar refractivity (Wildman–Crippen MR) is 69.7 cm³/mol. The van der Waals surface area contributed by atoms with E-state index in [-0.39, 0.29) is 5.88 Å². The molecule has 1 aromatic heterocycles. The van der Waals surface area contributed by atoms with Crippen LogP contribution in [0.25, 0.3) is 11.1 Å². The van der Waals surface area contributed by atoms with Gasteiger partial charge in [0, 0.05) is 10.5 Å². The molecule has 0 radical (unpaired) electrons. The molecule has 2 aromatic rings. The summed E-state index contributed by atoms with van der Waals surface area (Å²) in [5.41, 5.74) is 7.67. The van der Waals surface area contributed by atoms with Gasteiger partial charge >= 0.3 is 0 Å². The Balaban J connectivity index is 2.37. The lowest BCUT2D eigenvalue weighted by Gasteiger charge is -2.01. The first kappa shape index (κ1) is 11.6. The van der Waals surface area contributed by atoms with Gasteiger partial charge in [0.1, 0.15) is 17.9 Å². The van der Waals surface area contributed by atoms with Crippen molar-refractivity contribution in [2.45, 2.75) is 11.8 Å². The monoisotopic (exact) mass is 244 g/mol. The van der Waals surface area contributed by atoms with Gasteiger partial charge in [-0.1, -0.05) is 19.1 Å². The fourth-order valence-electron chi connectivity index (χ4n) is 1.60. The third kappa shape index (κ3) is 2.29. The van der Waals surface area contributed by atoms with Crippen molar-refractivity contribution >= 4 is 17.6 Å². The van der Waals surface area contributed by atoms with E-state index in [9.17, 15) is 0 Å². The number of nitriles is 1. The minimum Gasteiger partial charge on any atom is -0.447 e. The van der Waals surface area contributed by atoms with Gasteiger partial charge in [0.25, 0.3) is 0 Å². The van der Waals surface area contributed by atoms with Gasteiger partial charge in [-0.15, -0.1) is 11.8 Å².